The van der Waals surface area contributed by atoms with Gasteiger partial charge in [-0.2, -0.15) is 0 Å². The largest absolute Gasteiger partial charge is 0.450 e. The molecular weight excluding hydrogens is 413 g/mol. The van der Waals surface area contributed by atoms with E-state index in [4.69, 9.17) is 0 Å². The van der Waals surface area contributed by atoms with Crippen LogP contribution in [-0.2, 0) is 32.6 Å². The molecular formula is C20H24FN3O5S. The predicted octanol–water partition coefficient (Wildman–Crippen LogP) is 2.06. The molecule has 162 valence electrons. The minimum absolute atomic E-state index is 0.0367. The van der Waals surface area contributed by atoms with E-state index in [0.29, 0.717) is 11.1 Å². The Hall–Kier alpha value is -2.98. The van der Waals surface area contributed by atoms with E-state index in [1.807, 2.05) is 0 Å². The number of halogens is 1. The monoisotopic (exact) mass is 437 g/mol. The molecule has 2 amide bonds. The highest BCUT2D eigenvalue weighted by Gasteiger charge is 2.14. The van der Waals surface area contributed by atoms with E-state index in [1.54, 1.807) is 25.1 Å². The Morgan fingerprint density at radius 2 is 1.70 bits per heavy atom. The summed E-state index contributed by atoms with van der Waals surface area (Å²) in [5.74, 6) is -0.744. The molecule has 0 unspecified atom stereocenters. The summed E-state index contributed by atoms with van der Waals surface area (Å²) in [7, 11) is -3.81. The van der Waals surface area contributed by atoms with Gasteiger partial charge in [0.15, 0.2) is 0 Å². The first-order chi connectivity index (χ1) is 14.3. The van der Waals surface area contributed by atoms with E-state index >= 15 is 0 Å². The Morgan fingerprint density at radius 3 is 2.40 bits per heavy atom. The van der Waals surface area contributed by atoms with Crippen LogP contribution >= 0.6 is 0 Å². The van der Waals surface area contributed by atoms with Crippen molar-refractivity contribution in [3.63, 3.8) is 0 Å². The Bertz CT molecular complexity index is 982. The molecule has 0 saturated heterocycles. The van der Waals surface area contributed by atoms with Crippen LogP contribution in [0.3, 0.4) is 0 Å². The molecule has 0 heterocycles. The minimum atomic E-state index is -3.81. The normalized spacial score (nSPS) is 11.0. The molecule has 0 spiro atoms. The Labute approximate surface area is 174 Å². The van der Waals surface area contributed by atoms with E-state index in [0.717, 1.165) is 0 Å². The molecule has 10 heteroatoms. The van der Waals surface area contributed by atoms with Crippen molar-refractivity contribution in [2.75, 3.05) is 13.2 Å². The molecule has 30 heavy (non-hydrogen) atoms. The number of sulfonamides is 1. The topological polar surface area (TPSA) is 114 Å². The number of rotatable bonds is 10. The molecule has 2 aromatic carbocycles. The second-order valence-electron chi connectivity index (χ2n) is 6.28. The third kappa shape index (κ3) is 7.80. The van der Waals surface area contributed by atoms with Gasteiger partial charge in [0.1, 0.15) is 5.82 Å². The predicted molar refractivity (Wildman–Crippen MR) is 108 cm³/mol. The third-order valence-electron chi connectivity index (χ3n) is 3.95. The molecule has 2 aromatic rings. The molecule has 3 N–H and O–H groups in total. The highest BCUT2D eigenvalue weighted by molar-refractivity contribution is 7.89. The van der Waals surface area contributed by atoms with Gasteiger partial charge in [-0.3, -0.25) is 4.79 Å². The van der Waals surface area contributed by atoms with E-state index < -0.39 is 21.9 Å². The zero-order chi connectivity index (χ0) is 22.0. The van der Waals surface area contributed by atoms with Crippen molar-refractivity contribution in [3.05, 3.63) is 65.5 Å². The summed E-state index contributed by atoms with van der Waals surface area (Å²) in [6.45, 7) is 2.13. The molecule has 0 fully saturated rings. The van der Waals surface area contributed by atoms with Crippen molar-refractivity contribution in [1.29, 1.82) is 0 Å². The summed E-state index contributed by atoms with van der Waals surface area (Å²) >= 11 is 0. The van der Waals surface area contributed by atoms with Gasteiger partial charge in [0.25, 0.3) is 0 Å². The first-order valence-corrected chi connectivity index (χ1v) is 10.8. The van der Waals surface area contributed by atoms with Gasteiger partial charge in [-0.1, -0.05) is 24.3 Å². The molecule has 2 rings (SSSR count). The highest BCUT2D eigenvalue weighted by atomic mass is 32.2. The van der Waals surface area contributed by atoms with Crippen LogP contribution in [0, 0.1) is 5.82 Å². The van der Waals surface area contributed by atoms with Crippen molar-refractivity contribution in [3.8, 4) is 0 Å². The summed E-state index contributed by atoms with van der Waals surface area (Å²) in [6.07, 6.45) is -0.527. The number of ether oxygens (including phenoxy) is 1. The van der Waals surface area contributed by atoms with E-state index in [9.17, 15) is 22.4 Å². The maximum absolute atomic E-state index is 13.2. The number of amides is 2. The zero-order valence-corrected chi connectivity index (χ0v) is 17.3. The van der Waals surface area contributed by atoms with Gasteiger partial charge < -0.3 is 15.4 Å². The molecule has 0 aliphatic carbocycles. The number of hydrogen-bond acceptors (Lipinski definition) is 5. The lowest BCUT2D eigenvalue weighted by molar-refractivity contribution is -0.121. The molecule has 0 aliphatic heterocycles. The Morgan fingerprint density at radius 1 is 1.00 bits per heavy atom. The summed E-state index contributed by atoms with van der Waals surface area (Å²) in [5.41, 5.74) is 1.09. The second kappa shape index (κ2) is 11.3. The van der Waals surface area contributed by atoms with Crippen LogP contribution in [0.4, 0.5) is 9.18 Å². The smallest absolute Gasteiger partial charge is 0.407 e. The SMILES string of the molecule is CCOC(=O)NCCC(=O)NCc1cccc(S(=O)(=O)NCc2cccc(F)c2)c1. The minimum Gasteiger partial charge on any atom is -0.450 e. The molecule has 0 radical (unpaired) electrons. The Balaban J connectivity index is 1.87. The maximum atomic E-state index is 13.2. The number of carbonyl (C=O) groups is 2. The molecule has 0 bridgehead atoms. The lowest BCUT2D eigenvalue weighted by Gasteiger charge is -2.10. The van der Waals surface area contributed by atoms with Crippen LogP contribution in [0.5, 0.6) is 0 Å². The van der Waals surface area contributed by atoms with Crippen molar-refractivity contribution < 1.29 is 27.1 Å². The fourth-order valence-corrected chi connectivity index (χ4v) is 3.57. The van der Waals surface area contributed by atoms with Crippen molar-refractivity contribution in [2.45, 2.75) is 31.3 Å². The van der Waals surface area contributed by atoms with E-state index in [-0.39, 0.29) is 43.5 Å². The van der Waals surface area contributed by atoms with Crippen LogP contribution in [-0.4, -0.2) is 33.6 Å². The van der Waals surface area contributed by atoms with Gasteiger partial charge in [-0.15, -0.1) is 0 Å². The van der Waals surface area contributed by atoms with Crippen molar-refractivity contribution in [1.82, 2.24) is 15.4 Å². The molecule has 0 aromatic heterocycles. The first-order valence-electron chi connectivity index (χ1n) is 9.30. The zero-order valence-electron chi connectivity index (χ0n) is 16.5. The lowest BCUT2D eigenvalue weighted by atomic mass is 10.2. The molecule has 0 atom stereocenters. The Kier molecular flexibility index (Phi) is 8.75. The average molecular weight is 437 g/mol. The van der Waals surface area contributed by atoms with Gasteiger partial charge in [0.05, 0.1) is 11.5 Å². The number of hydrogen-bond donors (Lipinski definition) is 3. The van der Waals surface area contributed by atoms with Crippen LogP contribution in [0.15, 0.2) is 53.4 Å². The van der Waals surface area contributed by atoms with Gasteiger partial charge in [0, 0.05) is 26.1 Å². The van der Waals surface area contributed by atoms with Crippen LogP contribution in [0.25, 0.3) is 0 Å². The van der Waals surface area contributed by atoms with Gasteiger partial charge in [0.2, 0.25) is 15.9 Å². The first kappa shape index (κ1) is 23.3. The van der Waals surface area contributed by atoms with E-state index in [2.05, 4.69) is 20.1 Å². The van der Waals surface area contributed by atoms with Crippen LogP contribution in [0.2, 0.25) is 0 Å². The number of nitrogens with one attached hydrogen (secondary N) is 3. The second-order valence-corrected chi connectivity index (χ2v) is 8.04. The fraction of sp³-hybridized carbons (Fsp3) is 0.300. The molecule has 0 saturated carbocycles. The number of alkyl carbamates (subject to hydrolysis) is 1. The molecule has 0 aliphatic rings. The van der Waals surface area contributed by atoms with Crippen LogP contribution < -0.4 is 15.4 Å². The highest BCUT2D eigenvalue weighted by Crippen LogP contribution is 2.13. The van der Waals surface area contributed by atoms with Crippen molar-refractivity contribution >= 4 is 22.0 Å². The van der Waals surface area contributed by atoms with E-state index in [1.165, 1.54) is 30.3 Å². The fourth-order valence-electron chi connectivity index (χ4n) is 2.48. The lowest BCUT2D eigenvalue weighted by Crippen LogP contribution is -2.31. The standard InChI is InChI=1S/C20H24FN3O5S/c1-2-29-20(26)22-10-9-19(25)23-13-16-6-4-8-18(12-16)30(27,28)24-14-15-5-3-7-17(21)11-15/h3-8,11-12,24H,2,9-10,13-14H2,1H3,(H,22,26)(H,23,25). The van der Waals surface area contributed by atoms with Crippen LogP contribution in [0.1, 0.15) is 24.5 Å². The summed E-state index contributed by atoms with van der Waals surface area (Å²) in [5, 5.41) is 5.10. The summed E-state index contributed by atoms with van der Waals surface area (Å²) in [4.78, 5) is 23.0. The summed E-state index contributed by atoms with van der Waals surface area (Å²) in [6, 6.07) is 11.8. The number of benzene rings is 2. The van der Waals surface area contributed by atoms with Crippen molar-refractivity contribution in [2.24, 2.45) is 0 Å². The van der Waals surface area contributed by atoms with Gasteiger partial charge in [-0.05, 0) is 42.3 Å². The maximum Gasteiger partial charge on any atom is 0.407 e. The summed E-state index contributed by atoms with van der Waals surface area (Å²) < 4.78 is 45.3. The third-order valence-corrected chi connectivity index (χ3v) is 5.35. The van der Waals surface area contributed by atoms with Gasteiger partial charge in [-0.25, -0.2) is 22.3 Å². The van der Waals surface area contributed by atoms with Gasteiger partial charge >= 0.3 is 6.09 Å². The molecule has 8 nitrogen and oxygen atoms in total. The average Bonchev–Trinajstić information content (AvgIpc) is 2.71. The quantitative estimate of drug-likeness (QED) is 0.527. The number of carbonyl (C=O) groups excluding carboxylic acids is 2.